The van der Waals surface area contributed by atoms with Crippen molar-refractivity contribution < 1.29 is 14.5 Å². The average molecular weight is 250 g/mol. The van der Waals surface area contributed by atoms with Crippen LogP contribution >= 0.6 is 0 Å². The van der Waals surface area contributed by atoms with Gasteiger partial charge in [0, 0.05) is 23.3 Å². The van der Waals surface area contributed by atoms with Gasteiger partial charge in [-0.05, 0) is 6.07 Å². The van der Waals surface area contributed by atoms with Crippen molar-refractivity contribution in [2.45, 2.75) is 24.9 Å². The van der Waals surface area contributed by atoms with Gasteiger partial charge in [-0.3, -0.25) is 14.9 Å². The molecule has 1 fully saturated rings. The first kappa shape index (κ1) is 12.3. The number of carbonyl (C=O) groups excluding carboxylic acids is 1. The number of piperidine rings is 1. The molecule has 1 aromatic carbocycles. The summed E-state index contributed by atoms with van der Waals surface area (Å²) in [6.45, 7) is 0. The minimum atomic E-state index is -0.806. The Labute approximate surface area is 104 Å². The number of benzene rings is 1. The molecule has 0 spiro atoms. The van der Waals surface area contributed by atoms with E-state index in [0.717, 1.165) is 0 Å². The van der Waals surface area contributed by atoms with E-state index in [1.54, 1.807) is 24.3 Å². The molecule has 1 aliphatic rings. The van der Waals surface area contributed by atoms with Crippen LogP contribution in [0.4, 0.5) is 0 Å². The number of carbonyl (C=O) groups is 1. The van der Waals surface area contributed by atoms with E-state index in [0.29, 0.717) is 11.3 Å². The molecular weight excluding hydrogens is 236 g/mol. The summed E-state index contributed by atoms with van der Waals surface area (Å²) >= 11 is 0. The van der Waals surface area contributed by atoms with Crippen LogP contribution in [0.2, 0.25) is 0 Å². The van der Waals surface area contributed by atoms with E-state index < -0.39 is 12.1 Å². The minimum Gasteiger partial charge on any atom is -0.496 e. The maximum absolute atomic E-state index is 11.4. The number of para-hydroxylation sites is 1. The molecule has 96 valence electrons. The largest absolute Gasteiger partial charge is 0.496 e. The van der Waals surface area contributed by atoms with Crippen molar-refractivity contribution in [1.29, 1.82) is 0 Å². The second-order valence-corrected chi connectivity index (χ2v) is 4.18. The maximum Gasteiger partial charge on any atom is 0.237 e. The zero-order valence-corrected chi connectivity index (χ0v) is 9.96. The summed E-state index contributed by atoms with van der Waals surface area (Å²) in [6.07, 6.45) is 0.443. The first-order chi connectivity index (χ1) is 8.63. The summed E-state index contributed by atoms with van der Waals surface area (Å²) in [5.74, 6) is 0.389. The summed E-state index contributed by atoms with van der Waals surface area (Å²) in [5.41, 5.74) is 0.648. The first-order valence-corrected chi connectivity index (χ1v) is 5.69. The Morgan fingerprint density at radius 3 is 2.83 bits per heavy atom. The third-order valence-corrected chi connectivity index (χ3v) is 3.11. The predicted octanol–water partition coefficient (Wildman–Crippen LogP) is 1.29. The molecule has 0 aromatic heterocycles. The number of amides is 1. The van der Waals surface area contributed by atoms with Crippen LogP contribution in [0, 0.1) is 10.1 Å². The van der Waals surface area contributed by atoms with Gasteiger partial charge in [-0.15, -0.1) is 0 Å². The molecule has 1 aromatic rings. The molecule has 0 saturated carbocycles. The van der Waals surface area contributed by atoms with E-state index in [2.05, 4.69) is 5.32 Å². The highest BCUT2D eigenvalue weighted by molar-refractivity contribution is 5.77. The van der Waals surface area contributed by atoms with Crippen LogP contribution in [0.5, 0.6) is 5.75 Å². The minimum absolute atomic E-state index is 0.163. The van der Waals surface area contributed by atoms with Crippen molar-refractivity contribution in [2.75, 3.05) is 7.11 Å². The maximum atomic E-state index is 11.4. The number of hydrogen-bond donors (Lipinski definition) is 1. The molecule has 6 nitrogen and oxygen atoms in total. The van der Waals surface area contributed by atoms with Crippen LogP contribution < -0.4 is 10.1 Å². The van der Waals surface area contributed by atoms with E-state index in [1.165, 1.54) is 7.11 Å². The normalized spacial score (nSPS) is 23.3. The zero-order chi connectivity index (χ0) is 13.1. The molecule has 0 unspecified atom stereocenters. The van der Waals surface area contributed by atoms with Crippen LogP contribution in [0.15, 0.2) is 24.3 Å². The van der Waals surface area contributed by atoms with Gasteiger partial charge < -0.3 is 10.1 Å². The lowest BCUT2D eigenvalue weighted by Gasteiger charge is -2.27. The van der Waals surface area contributed by atoms with Gasteiger partial charge in [0.25, 0.3) is 0 Å². The van der Waals surface area contributed by atoms with Crippen molar-refractivity contribution in [2.24, 2.45) is 0 Å². The Balaban J connectivity index is 2.37. The molecule has 0 radical (unpaired) electrons. The van der Waals surface area contributed by atoms with Crippen LogP contribution in [0.25, 0.3) is 0 Å². The van der Waals surface area contributed by atoms with Gasteiger partial charge >= 0.3 is 0 Å². The van der Waals surface area contributed by atoms with Crippen molar-refractivity contribution in [3.8, 4) is 5.75 Å². The van der Waals surface area contributed by atoms with Gasteiger partial charge in [-0.1, -0.05) is 18.2 Å². The van der Waals surface area contributed by atoms with Crippen LogP contribution in [-0.2, 0) is 4.79 Å². The molecular formula is C12H14N2O4. The summed E-state index contributed by atoms with van der Waals surface area (Å²) in [6, 6.07) is 5.60. The highest BCUT2D eigenvalue weighted by Gasteiger charge is 2.39. The van der Waals surface area contributed by atoms with Gasteiger partial charge in [0.1, 0.15) is 11.8 Å². The summed E-state index contributed by atoms with van der Waals surface area (Å²) in [7, 11) is 1.50. The van der Waals surface area contributed by atoms with Gasteiger partial charge in [0.15, 0.2) is 0 Å². The Morgan fingerprint density at radius 1 is 1.44 bits per heavy atom. The topological polar surface area (TPSA) is 81.5 Å². The molecule has 2 atom stereocenters. The lowest BCUT2D eigenvalue weighted by atomic mass is 9.92. The summed E-state index contributed by atoms with van der Waals surface area (Å²) in [5, 5.41) is 13.7. The first-order valence-electron chi connectivity index (χ1n) is 5.69. The molecule has 1 amide bonds. The second-order valence-electron chi connectivity index (χ2n) is 4.18. The molecule has 6 heteroatoms. The van der Waals surface area contributed by atoms with Crippen molar-refractivity contribution in [3.63, 3.8) is 0 Å². The predicted molar refractivity (Wildman–Crippen MR) is 63.9 cm³/mol. The number of nitrogens with zero attached hydrogens (tertiary/aromatic N) is 1. The van der Waals surface area contributed by atoms with Crippen molar-refractivity contribution in [3.05, 3.63) is 39.9 Å². The highest BCUT2D eigenvalue weighted by Crippen LogP contribution is 2.32. The Morgan fingerprint density at radius 2 is 2.17 bits per heavy atom. The lowest BCUT2D eigenvalue weighted by molar-refractivity contribution is -0.529. The number of nitro groups is 1. The summed E-state index contributed by atoms with van der Waals surface area (Å²) < 4.78 is 5.19. The Hall–Kier alpha value is -2.11. The third kappa shape index (κ3) is 2.27. The van der Waals surface area contributed by atoms with E-state index in [4.69, 9.17) is 4.74 Å². The smallest absolute Gasteiger partial charge is 0.237 e. The third-order valence-electron chi connectivity index (χ3n) is 3.11. The van der Waals surface area contributed by atoms with E-state index in [-0.39, 0.29) is 23.7 Å². The fraction of sp³-hybridized carbons (Fsp3) is 0.417. The van der Waals surface area contributed by atoms with Crippen molar-refractivity contribution >= 4 is 5.91 Å². The van der Waals surface area contributed by atoms with E-state index in [1.807, 2.05) is 0 Å². The number of hydrogen-bond acceptors (Lipinski definition) is 4. The monoisotopic (exact) mass is 250 g/mol. The second kappa shape index (κ2) is 5.03. The molecule has 18 heavy (non-hydrogen) atoms. The molecule has 1 heterocycles. The molecule has 1 saturated heterocycles. The molecule has 0 aliphatic carbocycles. The van der Waals surface area contributed by atoms with Gasteiger partial charge in [0.2, 0.25) is 11.9 Å². The molecule has 0 bridgehead atoms. The van der Waals surface area contributed by atoms with Gasteiger partial charge in [-0.2, -0.15) is 0 Å². The quantitative estimate of drug-likeness (QED) is 0.647. The summed E-state index contributed by atoms with van der Waals surface area (Å²) in [4.78, 5) is 22.2. The number of methoxy groups -OCH3 is 1. The number of rotatable bonds is 3. The van der Waals surface area contributed by atoms with Crippen molar-refractivity contribution in [1.82, 2.24) is 5.32 Å². The zero-order valence-electron chi connectivity index (χ0n) is 9.96. The van der Waals surface area contributed by atoms with Crippen LogP contribution in [-0.4, -0.2) is 24.0 Å². The molecule has 1 aliphatic heterocycles. The lowest BCUT2D eigenvalue weighted by Crippen LogP contribution is -2.45. The fourth-order valence-corrected chi connectivity index (χ4v) is 2.22. The van der Waals surface area contributed by atoms with Crippen LogP contribution in [0.3, 0.4) is 0 Å². The Bertz CT molecular complexity index is 475. The average Bonchev–Trinajstić information content (AvgIpc) is 2.38. The number of ether oxygens (including phenoxy) is 1. The SMILES string of the molecule is COc1ccccc1[C@@H]1NC(=O)CC[C@@H]1[N+](=O)[O-]. The highest BCUT2D eigenvalue weighted by atomic mass is 16.6. The van der Waals surface area contributed by atoms with Crippen LogP contribution in [0.1, 0.15) is 24.4 Å². The fourth-order valence-electron chi connectivity index (χ4n) is 2.22. The van der Waals surface area contributed by atoms with E-state index >= 15 is 0 Å². The van der Waals surface area contributed by atoms with E-state index in [9.17, 15) is 14.9 Å². The molecule has 2 rings (SSSR count). The van der Waals surface area contributed by atoms with Gasteiger partial charge in [0.05, 0.1) is 7.11 Å². The standard InChI is InChI=1S/C12H14N2O4/c1-18-10-5-3-2-4-8(10)12-9(14(16)17)6-7-11(15)13-12/h2-5,9,12H,6-7H2,1H3,(H,13,15)/t9-,12-/m0/s1. The molecule has 1 N–H and O–H groups in total. The Kier molecular flexibility index (Phi) is 3.45. The van der Waals surface area contributed by atoms with Gasteiger partial charge in [-0.25, -0.2) is 0 Å². The number of nitrogens with one attached hydrogen (secondary N) is 1.